The zero-order valence-corrected chi connectivity index (χ0v) is 19.1. The molecule has 0 bridgehead atoms. The summed E-state index contributed by atoms with van der Waals surface area (Å²) >= 11 is 6.35. The van der Waals surface area contributed by atoms with Crippen LogP contribution in [0.15, 0.2) is 42.5 Å². The van der Waals surface area contributed by atoms with E-state index in [2.05, 4.69) is 51.0 Å². The maximum Gasteiger partial charge on any atom is 0.0583 e. The van der Waals surface area contributed by atoms with E-state index in [1.165, 1.54) is 68.7 Å². The van der Waals surface area contributed by atoms with Crippen LogP contribution in [0, 0.1) is 17.8 Å². The van der Waals surface area contributed by atoms with Crippen LogP contribution in [0.5, 0.6) is 0 Å². The maximum absolute atomic E-state index is 6.35. The van der Waals surface area contributed by atoms with Crippen molar-refractivity contribution in [2.75, 3.05) is 54.0 Å². The number of halogens is 1. The largest absolute Gasteiger partial charge is 0.372 e. The molecule has 0 saturated carbocycles. The standard InChI is InChI=1S/C27H32ClN3/c1-2-22-6-7-25(20-26(22)28)31-19-14-27(21-31)12-17-30(18-13-27)24-10-8-23(9-11-24)29-15-4-3-5-16-29/h1,6-11,20H,3-5,12-19,21H2. The van der Waals surface area contributed by atoms with Crippen LogP contribution in [0.3, 0.4) is 0 Å². The van der Waals surface area contributed by atoms with Crippen molar-refractivity contribution in [2.24, 2.45) is 5.41 Å². The van der Waals surface area contributed by atoms with Crippen molar-refractivity contribution in [3.05, 3.63) is 53.1 Å². The molecule has 1 spiro atoms. The van der Waals surface area contributed by atoms with Crippen molar-refractivity contribution in [1.29, 1.82) is 0 Å². The van der Waals surface area contributed by atoms with Crippen molar-refractivity contribution in [2.45, 2.75) is 38.5 Å². The Kier molecular flexibility index (Phi) is 5.76. The number of piperidine rings is 2. The first-order chi connectivity index (χ1) is 15.2. The third-order valence-electron chi connectivity index (χ3n) is 7.67. The van der Waals surface area contributed by atoms with Crippen LogP contribution in [0.1, 0.15) is 44.1 Å². The fraction of sp³-hybridized carbons (Fsp3) is 0.481. The molecular weight excluding hydrogens is 402 g/mol. The van der Waals surface area contributed by atoms with E-state index in [0.717, 1.165) is 31.7 Å². The lowest BCUT2D eigenvalue weighted by Gasteiger charge is -2.40. The Labute approximate surface area is 192 Å². The molecule has 162 valence electrons. The fourth-order valence-corrected chi connectivity index (χ4v) is 5.88. The van der Waals surface area contributed by atoms with Gasteiger partial charge in [0.25, 0.3) is 0 Å². The zero-order valence-electron chi connectivity index (χ0n) is 18.3. The quantitative estimate of drug-likeness (QED) is 0.565. The molecule has 3 fully saturated rings. The van der Waals surface area contributed by atoms with Crippen molar-refractivity contribution in [3.8, 4) is 12.3 Å². The van der Waals surface area contributed by atoms with Gasteiger partial charge in [0, 0.05) is 61.9 Å². The van der Waals surface area contributed by atoms with Gasteiger partial charge in [0.2, 0.25) is 0 Å². The Morgan fingerprint density at radius 2 is 1.26 bits per heavy atom. The molecule has 3 aliphatic heterocycles. The lowest BCUT2D eigenvalue weighted by Crippen LogP contribution is -2.41. The summed E-state index contributed by atoms with van der Waals surface area (Å²) in [5, 5.41) is 0.684. The molecule has 3 saturated heterocycles. The van der Waals surface area contributed by atoms with E-state index in [4.69, 9.17) is 18.0 Å². The number of hydrogen-bond acceptors (Lipinski definition) is 3. The van der Waals surface area contributed by atoms with Crippen molar-refractivity contribution < 1.29 is 0 Å². The number of anilines is 3. The van der Waals surface area contributed by atoms with Gasteiger partial charge in [-0.3, -0.25) is 0 Å². The van der Waals surface area contributed by atoms with E-state index in [9.17, 15) is 0 Å². The number of benzene rings is 2. The number of rotatable bonds is 3. The zero-order chi connectivity index (χ0) is 21.3. The van der Waals surface area contributed by atoms with Gasteiger partial charge < -0.3 is 14.7 Å². The van der Waals surface area contributed by atoms with Crippen LogP contribution < -0.4 is 14.7 Å². The molecule has 31 heavy (non-hydrogen) atoms. The molecule has 0 radical (unpaired) electrons. The first-order valence-corrected chi connectivity index (χ1v) is 12.1. The molecule has 0 amide bonds. The Hall–Kier alpha value is -2.31. The van der Waals surface area contributed by atoms with Crippen LogP contribution in [0.4, 0.5) is 17.1 Å². The topological polar surface area (TPSA) is 9.72 Å². The van der Waals surface area contributed by atoms with E-state index in [1.807, 2.05) is 12.1 Å². The molecular formula is C27H32ClN3. The summed E-state index contributed by atoms with van der Waals surface area (Å²) in [4.78, 5) is 7.61. The Morgan fingerprint density at radius 1 is 0.710 bits per heavy atom. The highest BCUT2D eigenvalue weighted by Crippen LogP contribution is 2.43. The number of nitrogens with zero attached hydrogens (tertiary/aromatic N) is 3. The Morgan fingerprint density at radius 3 is 1.84 bits per heavy atom. The Balaban J connectivity index is 1.19. The minimum atomic E-state index is 0.432. The lowest BCUT2D eigenvalue weighted by molar-refractivity contribution is 0.250. The normalized spacial score (nSPS) is 20.8. The van der Waals surface area contributed by atoms with Gasteiger partial charge in [-0.2, -0.15) is 0 Å². The van der Waals surface area contributed by atoms with Gasteiger partial charge in [-0.15, -0.1) is 6.42 Å². The summed E-state index contributed by atoms with van der Waals surface area (Å²) in [5.41, 5.74) is 5.18. The predicted octanol–water partition coefficient (Wildman–Crippen LogP) is 5.81. The molecule has 3 heterocycles. The van der Waals surface area contributed by atoms with Crippen LogP contribution in [0.2, 0.25) is 5.02 Å². The van der Waals surface area contributed by atoms with Gasteiger partial charge in [0.05, 0.1) is 5.02 Å². The molecule has 0 atom stereocenters. The summed E-state index contributed by atoms with van der Waals surface area (Å²) in [6.45, 7) is 6.94. The molecule has 0 N–H and O–H groups in total. The van der Waals surface area contributed by atoms with Crippen LogP contribution >= 0.6 is 11.6 Å². The average Bonchev–Trinajstić information content (AvgIpc) is 3.24. The van der Waals surface area contributed by atoms with E-state index >= 15 is 0 Å². The first-order valence-electron chi connectivity index (χ1n) is 11.8. The molecule has 3 aliphatic rings. The van der Waals surface area contributed by atoms with Gasteiger partial charge in [-0.05, 0) is 86.4 Å². The second-order valence-corrected chi connectivity index (χ2v) is 9.94. The highest BCUT2D eigenvalue weighted by molar-refractivity contribution is 6.32. The summed E-state index contributed by atoms with van der Waals surface area (Å²) in [7, 11) is 0. The van der Waals surface area contributed by atoms with Gasteiger partial charge in [0.1, 0.15) is 0 Å². The van der Waals surface area contributed by atoms with Crippen LogP contribution in [-0.4, -0.2) is 39.3 Å². The molecule has 4 heteroatoms. The van der Waals surface area contributed by atoms with E-state index in [-0.39, 0.29) is 0 Å². The molecule has 3 nitrogen and oxygen atoms in total. The van der Waals surface area contributed by atoms with Gasteiger partial charge in [-0.25, -0.2) is 0 Å². The van der Waals surface area contributed by atoms with Crippen molar-refractivity contribution in [3.63, 3.8) is 0 Å². The minimum Gasteiger partial charge on any atom is -0.372 e. The van der Waals surface area contributed by atoms with E-state index in [0.29, 0.717) is 10.4 Å². The SMILES string of the molecule is C#Cc1ccc(N2CCC3(CCN(c4ccc(N5CCCCC5)cc4)CC3)C2)cc1Cl. The Bertz CT molecular complexity index is 947. The molecule has 0 aromatic heterocycles. The number of hydrogen-bond donors (Lipinski definition) is 0. The summed E-state index contributed by atoms with van der Waals surface area (Å²) < 4.78 is 0. The summed E-state index contributed by atoms with van der Waals surface area (Å²) in [6, 6.07) is 15.4. The van der Waals surface area contributed by atoms with Crippen molar-refractivity contribution in [1.82, 2.24) is 0 Å². The third-order valence-corrected chi connectivity index (χ3v) is 7.98. The maximum atomic E-state index is 6.35. The lowest BCUT2D eigenvalue weighted by atomic mass is 9.77. The molecule has 5 rings (SSSR count). The van der Waals surface area contributed by atoms with E-state index < -0.39 is 0 Å². The highest BCUT2D eigenvalue weighted by atomic mass is 35.5. The fourth-order valence-electron chi connectivity index (χ4n) is 5.65. The second-order valence-electron chi connectivity index (χ2n) is 9.53. The summed E-state index contributed by atoms with van der Waals surface area (Å²) in [6.07, 6.45) is 13.3. The predicted molar refractivity (Wildman–Crippen MR) is 133 cm³/mol. The third kappa shape index (κ3) is 4.23. The smallest absolute Gasteiger partial charge is 0.0583 e. The summed E-state index contributed by atoms with van der Waals surface area (Å²) in [5.74, 6) is 2.65. The van der Waals surface area contributed by atoms with Gasteiger partial charge in [0.15, 0.2) is 0 Å². The monoisotopic (exact) mass is 433 g/mol. The molecule has 0 unspecified atom stereocenters. The highest BCUT2D eigenvalue weighted by Gasteiger charge is 2.40. The molecule has 2 aromatic rings. The van der Waals surface area contributed by atoms with Gasteiger partial charge >= 0.3 is 0 Å². The van der Waals surface area contributed by atoms with Crippen molar-refractivity contribution >= 4 is 28.7 Å². The minimum absolute atomic E-state index is 0.432. The first kappa shape index (κ1) is 20.6. The molecule has 2 aromatic carbocycles. The second kappa shape index (κ2) is 8.67. The van der Waals surface area contributed by atoms with Crippen LogP contribution in [-0.2, 0) is 0 Å². The van der Waals surface area contributed by atoms with Crippen LogP contribution in [0.25, 0.3) is 0 Å². The molecule has 0 aliphatic carbocycles. The van der Waals surface area contributed by atoms with Gasteiger partial charge in [-0.1, -0.05) is 17.5 Å². The van der Waals surface area contributed by atoms with E-state index in [1.54, 1.807) is 0 Å². The number of terminal acetylenes is 1. The average molecular weight is 434 g/mol.